The van der Waals surface area contributed by atoms with Crippen LogP contribution < -0.4 is 0 Å². The van der Waals surface area contributed by atoms with E-state index in [0.717, 1.165) is 22.8 Å². The minimum atomic E-state index is 0.547. The Labute approximate surface area is 107 Å². The number of para-hydroxylation sites is 1. The first kappa shape index (κ1) is 11.5. The molecule has 94 valence electrons. The summed E-state index contributed by atoms with van der Waals surface area (Å²) in [7, 11) is 0. The van der Waals surface area contributed by atoms with Crippen molar-refractivity contribution >= 4 is 17.2 Å². The minimum absolute atomic E-state index is 0.547. The molecule has 0 spiro atoms. The molecule has 1 heterocycles. The Morgan fingerprint density at radius 2 is 2.00 bits per heavy atom. The van der Waals surface area contributed by atoms with Crippen LogP contribution in [0.2, 0.25) is 0 Å². The number of carbonyl (C=O) groups is 1. The molecular formula is C16H19NO. The van der Waals surface area contributed by atoms with Crippen molar-refractivity contribution in [3.8, 4) is 0 Å². The molecule has 0 unspecified atom stereocenters. The van der Waals surface area contributed by atoms with Gasteiger partial charge in [-0.15, -0.1) is 0 Å². The summed E-state index contributed by atoms with van der Waals surface area (Å²) in [5.74, 6) is 0.547. The van der Waals surface area contributed by atoms with Crippen molar-refractivity contribution in [3.63, 3.8) is 0 Å². The molecular weight excluding hydrogens is 222 g/mol. The fourth-order valence-corrected chi connectivity index (χ4v) is 3.25. The van der Waals surface area contributed by atoms with E-state index in [4.69, 9.17) is 0 Å². The van der Waals surface area contributed by atoms with Crippen molar-refractivity contribution in [2.75, 3.05) is 0 Å². The topological polar surface area (TPSA) is 32.9 Å². The Kier molecular flexibility index (Phi) is 2.94. The molecule has 1 aliphatic rings. The van der Waals surface area contributed by atoms with Gasteiger partial charge in [-0.3, -0.25) is 4.79 Å². The molecule has 2 nitrogen and oxygen atoms in total. The van der Waals surface area contributed by atoms with Gasteiger partial charge in [0.1, 0.15) is 0 Å². The van der Waals surface area contributed by atoms with E-state index in [2.05, 4.69) is 24.0 Å². The summed E-state index contributed by atoms with van der Waals surface area (Å²) in [5.41, 5.74) is 4.42. The first-order valence-electron chi connectivity index (χ1n) is 6.87. The fraction of sp³-hybridized carbons (Fsp3) is 0.438. The molecule has 1 aliphatic carbocycles. The third kappa shape index (κ3) is 1.76. The van der Waals surface area contributed by atoms with Crippen molar-refractivity contribution in [2.45, 2.75) is 44.9 Å². The van der Waals surface area contributed by atoms with Crippen LogP contribution in [0, 0.1) is 6.92 Å². The third-order valence-electron chi connectivity index (χ3n) is 4.24. The average molecular weight is 241 g/mol. The maximum absolute atomic E-state index is 11.4. The summed E-state index contributed by atoms with van der Waals surface area (Å²) >= 11 is 0. The highest BCUT2D eigenvalue weighted by Gasteiger charge is 2.22. The number of aldehydes is 1. The van der Waals surface area contributed by atoms with E-state index in [9.17, 15) is 4.79 Å². The highest BCUT2D eigenvalue weighted by molar-refractivity contribution is 6.00. The second kappa shape index (κ2) is 4.60. The van der Waals surface area contributed by atoms with Crippen molar-refractivity contribution in [2.24, 2.45) is 0 Å². The average Bonchev–Trinajstić information content (AvgIpc) is 2.80. The molecule has 2 heteroatoms. The number of fused-ring (bicyclic) bond motifs is 1. The summed E-state index contributed by atoms with van der Waals surface area (Å²) in [4.78, 5) is 15.0. The second-order valence-electron chi connectivity index (χ2n) is 5.40. The maximum atomic E-state index is 11.4. The van der Waals surface area contributed by atoms with Gasteiger partial charge in [0.25, 0.3) is 0 Å². The van der Waals surface area contributed by atoms with Crippen LogP contribution in [0.5, 0.6) is 0 Å². The van der Waals surface area contributed by atoms with Gasteiger partial charge in [-0.1, -0.05) is 37.5 Å². The van der Waals surface area contributed by atoms with E-state index in [1.807, 2.05) is 6.07 Å². The number of H-pyrrole nitrogens is 1. The largest absolute Gasteiger partial charge is 0.357 e. The van der Waals surface area contributed by atoms with Crippen molar-refractivity contribution in [1.29, 1.82) is 0 Å². The predicted octanol–water partition coefficient (Wildman–Crippen LogP) is 4.34. The van der Waals surface area contributed by atoms with Crippen LogP contribution in [0.15, 0.2) is 18.2 Å². The highest BCUT2D eigenvalue weighted by Crippen LogP contribution is 2.36. The second-order valence-corrected chi connectivity index (χ2v) is 5.40. The van der Waals surface area contributed by atoms with E-state index < -0.39 is 0 Å². The maximum Gasteiger partial charge on any atom is 0.152 e. The lowest BCUT2D eigenvalue weighted by Gasteiger charge is -2.21. The lowest BCUT2D eigenvalue weighted by Crippen LogP contribution is -2.06. The molecule has 0 atom stereocenters. The molecule has 3 rings (SSSR count). The quantitative estimate of drug-likeness (QED) is 0.779. The van der Waals surface area contributed by atoms with Gasteiger partial charge < -0.3 is 4.98 Å². The standard InChI is InChI=1S/C16H19NO/c1-11-6-5-9-13-14(10-18)16(17-15(11)13)12-7-3-2-4-8-12/h5-6,9-10,12,17H,2-4,7-8H2,1H3. The van der Waals surface area contributed by atoms with Gasteiger partial charge in [-0.25, -0.2) is 0 Å². The van der Waals surface area contributed by atoms with Crippen molar-refractivity contribution in [3.05, 3.63) is 35.0 Å². The number of carbonyl (C=O) groups excluding carboxylic acids is 1. The number of nitrogens with one attached hydrogen (secondary N) is 1. The smallest absolute Gasteiger partial charge is 0.152 e. The molecule has 1 fully saturated rings. The van der Waals surface area contributed by atoms with Crippen LogP contribution in [-0.4, -0.2) is 11.3 Å². The van der Waals surface area contributed by atoms with Gasteiger partial charge >= 0.3 is 0 Å². The zero-order chi connectivity index (χ0) is 12.5. The molecule has 2 aromatic rings. The van der Waals surface area contributed by atoms with E-state index >= 15 is 0 Å². The molecule has 0 aliphatic heterocycles. The van der Waals surface area contributed by atoms with E-state index in [-0.39, 0.29) is 0 Å². The molecule has 0 saturated heterocycles. The van der Waals surface area contributed by atoms with Gasteiger partial charge in [0, 0.05) is 22.2 Å². The number of aromatic amines is 1. The van der Waals surface area contributed by atoms with Gasteiger partial charge in [0.15, 0.2) is 6.29 Å². The summed E-state index contributed by atoms with van der Waals surface area (Å²) in [5, 5.41) is 1.09. The van der Waals surface area contributed by atoms with E-state index in [0.29, 0.717) is 5.92 Å². The molecule has 1 saturated carbocycles. The zero-order valence-corrected chi connectivity index (χ0v) is 10.8. The van der Waals surface area contributed by atoms with Gasteiger partial charge in [0.05, 0.1) is 0 Å². The minimum Gasteiger partial charge on any atom is -0.357 e. The van der Waals surface area contributed by atoms with Crippen LogP contribution >= 0.6 is 0 Å². The number of benzene rings is 1. The van der Waals surface area contributed by atoms with Gasteiger partial charge in [-0.05, 0) is 31.2 Å². The monoisotopic (exact) mass is 241 g/mol. The normalized spacial score (nSPS) is 17.2. The summed E-state index contributed by atoms with van der Waals surface area (Å²) in [6.45, 7) is 2.10. The Bertz CT molecular complexity index is 576. The molecule has 0 bridgehead atoms. The van der Waals surface area contributed by atoms with E-state index in [1.54, 1.807) is 0 Å². The Morgan fingerprint density at radius 1 is 1.22 bits per heavy atom. The lowest BCUT2D eigenvalue weighted by atomic mass is 9.85. The highest BCUT2D eigenvalue weighted by atomic mass is 16.1. The van der Waals surface area contributed by atoms with Crippen molar-refractivity contribution in [1.82, 2.24) is 4.98 Å². The number of aryl methyl sites for hydroxylation is 1. The van der Waals surface area contributed by atoms with Crippen molar-refractivity contribution < 1.29 is 4.79 Å². The fourth-order valence-electron chi connectivity index (χ4n) is 3.25. The summed E-state index contributed by atoms with van der Waals surface area (Å²) < 4.78 is 0. The molecule has 1 aromatic heterocycles. The van der Waals surface area contributed by atoms with Crippen LogP contribution in [0.25, 0.3) is 10.9 Å². The number of hydrogen-bond acceptors (Lipinski definition) is 1. The lowest BCUT2D eigenvalue weighted by molar-refractivity contribution is 0.112. The Hall–Kier alpha value is -1.57. The van der Waals surface area contributed by atoms with Crippen LogP contribution in [0.3, 0.4) is 0 Å². The van der Waals surface area contributed by atoms with Gasteiger partial charge in [-0.2, -0.15) is 0 Å². The predicted molar refractivity (Wildman–Crippen MR) is 74.2 cm³/mol. The molecule has 0 amide bonds. The molecule has 1 N–H and O–H groups in total. The Morgan fingerprint density at radius 3 is 2.72 bits per heavy atom. The first-order valence-corrected chi connectivity index (χ1v) is 6.87. The third-order valence-corrected chi connectivity index (χ3v) is 4.24. The number of aromatic nitrogens is 1. The summed E-state index contributed by atoms with van der Waals surface area (Å²) in [6.07, 6.45) is 7.38. The van der Waals surface area contributed by atoms with Crippen LogP contribution in [0.1, 0.15) is 59.6 Å². The SMILES string of the molecule is Cc1cccc2c(C=O)c(C3CCCCC3)[nH]c12. The first-order chi connectivity index (χ1) is 8.81. The molecule has 18 heavy (non-hydrogen) atoms. The van der Waals surface area contributed by atoms with Crippen LogP contribution in [0.4, 0.5) is 0 Å². The summed E-state index contributed by atoms with van der Waals surface area (Å²) in [6, 6.07) is 6.18. The number of rotatable bonds is 2. The zero-order valence-electron chi connectivity index (χ0n) is 10.8. The molecule has 1 aromatic carbocycles. The van der Waals surface area contributed by atoms with Crippen LogP contribution in [-0.2, 0) is 0 Å². The molecule has 0 radical (unpaired) electrons. The Balaban J connectivity index is 2.16. The van der Waals surface area contributed by atoms with E-state index in [1.165, 1.54) is 43.4 Å². The number of hydrogen-bond donors (Lipinski definition) is 1. The van der Waals surface area contributed by atoms with Gasteiger partial charge in [0.2, 0.25) is 0 Å².